The second kappa shape index (κ2) is 6.02. The molecule has 0 unspecified atom stereocenters. The van der Waals surface area contributed by atoms with E-state index in [9.17, 15) is 4.79 Å². The van der Waals surface area contributed by atoms with E-state index in [4.69, 9.17) is 10.00 Å². The third-order valence-corrected chi connectivity index (χ3v) is 3.06. The predicted octanol–water partition coefficient (Wildman–Crippen LogP) is 1.81. The molecule has 0 aliphatic rings. The number of para-hydroxylation sites is 1. The molecular weight excluding hydrogens is 254 g/mol. The van der Waals surface area contributed by atoms with E-state index in [1.54, 1.807) is 13.8 Å². The molecule has 0 aliphatic carbocycles. The summed E-state index contributed by atoms with van der Waals surface area (Å²) in [6.45, 7) is 4.14. The average molecular weight is 269 g/mol. The van der Waals surface area contributed by atoms with Crippen LogP contribution in [0.3, 0.4) is 0 Å². The topological polar surface area (TPSA) is 67.9 Å². The van der Waals surface area contributed by atoms with Crippen LogP contribution in [0.4, 0.5) is 0 Å². The molecule has 5 heteroatoms. The van der Waals surface area contributed by atoms with Gasteiger partial charge in [0.25, 0.3) is 5.56 Å². The van der Waals surface area contributed by atoms with Crippen LogP contribution >= 0.6 is 0 Å². The molecule has 0 atom stereocenters. The molecule has 20 heavy (non-hydrogen) atoms. The van der Waals surface area contributed by atoms with Crippen LogP contribution in [0.1, 0.15) is 16.8 Å². The summed E-state index contributed by atoms with van der Waals surface area (Å²) in [7, 11) is 0. The van der Waals surface area contributed by atoms with Gasteiger partial charge in [0.2, 0.25) is 0 Å². The van der Waals surface area contributed by atoms with E-state index in [2.05, 4.69) is 5.10 Å². The number of hydrogen-bond acceptors (Lipinski definition) is 4. The SMILES string of the molecule is Cc1nn(CCOc2ccccc2)c(=O)c(C#N)c1C. The molecule has 1 aromatic heterocycles. The lowest BCUT2D eigenvalue weighted by Crippen LogP contribution is -2.29. The van der Waals surface area contributed by atoms with Gasteiger partial charge in [0.15, 0.2) is 0 Å². The fraction of sp³-hybridized carbons (Fsp3) is 0.267. The number of rotatable bonds is 4. The fourth-order valence-electron chi connectivity index (χ4n) is 1.82. The van der Waals surface area contributed by atoms with Gasteiger partial charge in [-0.25, -0.2) is 4.68 Å². The fourth-order valence-corrected chi connectivity index (χ4v) is 1.82. The first-order chi connectivity index (χ1) is 9.63. The lowest BCUT2D eigenvalue weighted by Gasteiger charge is -2.10. The minimum absolute atomic E-state index is 0.150. The standard InChI is InChI=1S/C15H15N3O2/c1-11-12(2)17-18(15(19)14(11)10-16)8-9-20-13-6-4-3-5-7-13/h3-7H,8-9H2,1-2H3. The van der Waals surface area contributed by atoms with E-state index in [-0.39, 0.29) is 11.1 Å². The highest BCUT2D eigenvalue weighted by Crippen LogP contribution is 2.08. The van der Waals surface area contributed by atoms with Gasteiger partial charge in [-0.05, 0) is 31.5 Å². The number of aromatic nitrogens is 2. The molecule has 102 valence electrons. The summed E-state index contributed by atoms with van der Waals surface area (Å²) >= 11 is 0. The van der Waals surface area contributed by atoms with Crippen LogP contribution in [-0.4, -0.2) is 16.4 Å². The second-order valence-corrected chi connectivity index (χ2v) is 4.39. The molecule has 5 nitrogen and oxygen atoms in total. The summed E-state index contributed by atoms with van der Waals surface area (Å²) in [5.41, 5.74) is 1.10. The van der Waals surface area contributed by atoms with Crippen LogP contribution in [0.25, 0.3) is 0 Å². The maximum atomic E-state index is 12.0. The minimum atomic E-state index is -0.368. The highest BCUT2D eigenvalue weighted by atomic mass is 16.5. The molecule has 0 radical (unpaired) electrons. The van der Waals surface area contributed by atoms with E-state index in [1.807, 2.05) is 36.4 Å². The first kappa shape index (κ1) is 13.8. The van der Waals surface area contributed by atoms with Crippen LogP contribution in [-0.2, 0) is 6.54 Å². The molecule has 0 fully saturated rings. The number of nitriles is 1. The van der Waals surface area contributed by atoms with E-state index in [0.717, 1.165) is 5.75 Å². The van der Waals surface area contributed by atoms with Crippen molar-refractivity contribution in [3.05, 3.63) is 57.5 Å². The Balaban J connectivity index is 2.13. The third kappa shape index (κ3) is 2.86. The summed E-state index contributed by atoms with van der Waals surface area (Å²) in [4.78, 5) is 12.0. The maximum absolute atomic E-state index is 12.0. The van der Waals surface area contributed by atoms with Crippen LogP contribution in [0.2, 0.25) is 0 Å². The van der Waals surface area contributed by atoms with E-state index >= 15 is 0 Å². The summed E-state index contributed by atoms with van der Waals surface area (Å²) in [5.74, 6) is 0.741. The van der Waals surface area contributed by atoms with Gasteiger partial charge in [-0.3, -0.25) is 4.79 Å². The van der Waals surface area contributed by atoms with Crippen molar-refractivity contribution in [2.75, 3.05) is 6.61 Å². The average Bonchev–Trinajstić information content (AvgIpc) is 2.46. The molecule has 0 amide bonds. The highest BCUT2D eigenvalue weighted by Gasteiger charge is 2.11. The highest BCUT2D eigenvalue weighted by molar-refractivity contribution is 5.36. The number of ether oxygens (including phenoxy) is 1. The Labute approximate surface area is 117 Å². The molecule has 0 saturated carbocycles. The van der Waals surface area contributed by atoms with Gasteiger partial charge in [0.1, 0.15) is 24.0 Å². The largest absolute Gasteiger partial charge is 0.492 e. The third-order valence-electron chi connectivity index (χ3n) is 3.06. The van der Waals surface area contributed by atoms with Gasteiger partial charge in [-0.15, -0.1) is 0 Å². The van der Waals surface area contributed by atoms with Crippen LogP contribution < -0.4 is 10.3 Å². The molecule has 0 aliphatic heterocycles. The van der Waals surface area contributed by atoms with Crippen molar-refractivity contribution in [3.8, 4) is 11.8 Å². The Morgan fingerprint density at radius 1 is 1.30 bits per heavy atom. The number of benzene rings is 1. The van der Waals surface area contributed by atoms with Gasteiger partial charge in [0.05, 0.1) is 12.2 Å². The van der Waals surface area contributed by atoms with Gasteiger partial charge in [0, 0.05) is 0 Å². The molecule has 0 bridgehead atoms. The Bertz CT molecular complexity index is 700. The number of aryl methyl sites for hydroxylation is 1. The maximum Gasteiger partial charge on any atom is 0.285 e. The number of nitrogens with zero attached hydrogens (tertiary/aromatic N) is 3. The van der Waals surface area contributed by atoms with Crippen molar-refractivity contribution >= 4 is 0 Å². The zero-order valence-electron chi connectivity index (χ0n) is 11.5. The van der Waals surface area contributed by atoms with Crippen molar-refractivity contribution in [2.24, 2.45) is 0 Å². The molecule has 1 heterocycles. The Morgan fingerprint density at radius 2 is 2.00 bits per heavy atom. The van der Waals surface area contributed by atoms with Crippen molar-refractivity contribution < 1.29 is 4.74 Å². The van der Waals surface area contributed by atoms with Crippen molar-refractivity contribution in [2.45, 2.75) is 20.4 Å². The zero-order chi connectivity index (χ0) is 14.5. The van der Waals surface area contributed by atoms with Gasteiger partial charge < -0.3 is 4.74 Å². The molecule has 1 aromatic carbocycles. The summed E-state index contributed by atoms with van der Waals surface area (Å²) < 4.78 is 6.81. The zero-order valence-corrected chi connectivity index (χ0v) is 11.5. The van der Waals surface area contributed by atoms with Crippen molar-refractivity contribution in [1.29, 1.82) is 5.26 Å². The van der Waals surface area contributed by atoms with Gasteiger partial charge in [-0.2, -0.15) is 10.4 Å². The minimum Gasteiger partial charge on any atom is -0.492 e. The van der Waals surface area contributed by atoms with E-state index < -0.39 is 0 Å². The molecule has 0 N–H and O–H groups in total. The van der Waals surface area contributed by atoms with Gasteiger partial charge >= 0.3 is 0 Å². The van der Waals surface area contributed by atoms with Crippen molar-refractivity contribution in [3.63, 3.8) is 0 Å². The summed E-state index contributed by atoms with van der Waals surface area (Å²) in [5, 5.41) is 13.2. The normalized spacial score (nSPS) is 10.1. The Kier molecular flexibility index (Phi) is 4.16. The van der Waals surface area contributed by atoms with Crippen LogP contribution in [0, 0.1) is 25.2 Å². The summed E-state index contributed by atoms with van der Waals surface area (Å²) in [6.07, 6.45) is 0. The summed E-state index contributed by atoms with van der Waals surface area (Å²) in [6, 6.07) is 11.3. The first-order valence-corrected chi connectivity index (χ1v) is 6.29. The molecule has 2 aromatic rings. The van der Waals surface area contributed by atoms with E-state index in [0.29, 0.717) is 24.4 Å². The lowest BCUT2D eigenvalue weighted by atomic mass is 10.1. The lowest BCUT2D eigenvalue weighted by molar-refractivity contribution is 0.287. The predicted molar refractivity (Wildman–Crippen MR) is 74.6 cm³/mol. The van der Waals surface area contributed by atoms with E-state index in [1.165, 1.54) is 4.68 Å². The monoisotopic (exact) mass is 269 g/mol. The second-order valence-electron chi connectivity index (χ2n) is 4.39. The smallest absolute Gasteiger partial charge is 0.285 e. The number of hydrogen-bond donors (Lipinski definition) is 0. The molecule has 2 rings (SSSR count). The molecular formula is C15H15N3O2. The van der Waals surface area contributed by atoms with Crippen LogP contribution in [0.5, 0.6) is 5.75 Å². The first-order valence-electron chi connectivity index (χ1n) is 6.29. The van der Waals surface area contributed by atoms with Crippen LogP contribution in [0.15, 0.2) is 35.1 Å². The molecule has 0 spiro atoms. The quantitative estimate of drug-likeness (QED) is 0.849. The molecule has 0 saturated heterocycles. The van der Waals surface area contributed by atoms with Crippen molar-refractivity contribution in [1.82, 2.24) is 9.78 Å². The van der Waals surface area contributed by atoms with Gasteiger partial charge in [-0.1, -0.05) is 18.2 Å². The Morgan fingerprint density at radius 3 is 2.65 bits per heavy atom. The Hall–Kier alpha value is -2.61.